The molecule has 0 saturated carbocycles. The molecule has 6 nitrogen and oxygen atoms in total. The molecule has 3 atom stereocenters. The second-order valence-corrected chi connectivity index (χ2v) is 10.9. The van der Waals surface area contributed by atoms with Gasteiger partial charge in [0.15, 0.2) is 6.29 Å². The first-order valence-corrected chi connectivity index (χ1v) is 14.2. The molecule has 0 spiro atoms. The van der Waals surface area contributed by atoms with Gasteiger partial charge in [-0.25, -0.2) is 0 Å². The smallest absolute Gasteiger partial charge is 0.251 e. The van der Waals surface area contributed by atoms with Gasteiger partial charge in [0.05, 0.1) is 7.11 Å². The summed E-state index contributed by atoms with van der Waals surface area (Å²) in [6, 6.07) is 20.4. The lowest BCUT2D eigenvalue weighted by molar-refractivity contribution is -0.119. The first-order valence-electron chi connectivity index (χ1n) is 13.9. The zero-order chi connectivity index (χ0) is 28.6. The monoisotopic (exact) mass is 563 g/mol. The first kappa shape index (κ1) is 29.8. The number of ether oxygens (including phenoxy) is 1. The van der Waals surface area contributed by atoms with Crippen LogP contribution in [0, 0.1) is 0 Å². The summed E-state index contributed by atoms with van der Waals surface area (Å²) in [7, 11) is 1.68. The Bertz CT molecular complexity index is 1370. The minimum absolute atomic E-state index is 0.139. The average Bonchev–Trinajstić information content (AvgIpc) is 2.98. The summed E-state index contributed by atoms with van der Waals surface area (Å²) in [5.41, 5.74) is 4.18. The molecule has 1 aliphatic carbocycles. The van der Waals surface area contributed by atoms with Crippen molar-refractivity contribution in [1.82, 2.24) is 5.32 Å². The summed E-state index contributed by atoms with van der Waals surface area (Å²) in [4.78, 5) is 12.6. The number of fused-ring (bicyclic) bond motifs is 1. The number of hydrogen-bond acceptors (Lipinski definition) is 5. The Morgan fingerprint density at radius 1 is 0.950 bits per heavy atom. The lowest BCUT2D eigenvalue weighted by atomic mass is 9.72. The van der Waals surface area contributed by atoms with Gasteiger partial charge in [0.2, 0.25) is 0 Å². The predicted molar refractivity (Wildman–Crippen MR) is 160 cm³/mol. The number of carbonyl (C=O) groups excluding carboxylic acids is 1. The Labute approximate surface area is 241 Å². The van der Waals surface area contributed by atoms with E-state index in [2.05, 4.69) is 48.6 Å². The van der Waals surface area contributed by atoms with Crippen LogP contribution in [-0.2, 0) is 0 Å². The van der Waals surface area contributed by atoms with Gasteiger partial charge >= 0.3 is 0 Å². The van der Waals surface area contributed by atoms with Crippen LogP contribution in [0.4, 0.5) is 0 Å². The molecule has 0 heterocycles. The van der Waals surface area contributed by atoms with Crippen LogP contribution in [0.25, 0.3) is 10.8 Å². The molecule has 1 aliphatic rings. The van der Waals surface area contributed by atoms with E-state index in [0.29, 0.717) is 5.56 Å². The zero-order valence-electron chi connectivity index (χ0n) is 23.0. The topological polar surface area (TPSA) is 99.0 Å². The van der Waals surface area contributed by atoms with Crippen molar-refractivity contribution in [2.75, 3.05) is 13.7 Å². The van der Waals surface area contributed by atoms with E-state index >= 15 is 0 Å². The molecule has 1 amide bonds. The number of methoxy groups -OCH3 is 1. The third kappa shape index (κ3) is 7.32. The number of rotatable bonds is 12. The molecule has 0 fully saturated rings. The van der Waals surface area contributed by atoms with Gasteiger partial charge < -0.3 is 25.4 Å². The lowest BCUT2D eigenvalue weighted by Crippen LogP contribution is -2.38. The van der Waals surface area contributed by atoms with Crippen LogP contribution in [0.3, 0.4) is 0 Å². The molecule has 0 aromatic heterocycles. The quantitative estimate of drug-likeness (QED) is 0.198. The van der Waals surface area contributed by atoms with Crippen molar-refractivity contribution in [3.63, 3.8) is 0 Å². The summed E-state index contributed by atoms with van der Waals surface area (Å²) in [5.74, 6) is 0.779. The number of unbranched alkanes of at least 4 members (excludes halogenated alkanes) is 1. The SMILES string of the molecule is CCCC[C@H](c1ccc(C(=O)NC[C@H](O)C(O)O)cc1)C(C1=CC=C(Cl)CC1)c1ccc2cc(OC)ccc2c1. The number of allylic oxidation sites excluding steroid dienone is 4. The molecule has 1 unspecified atom stereocenters. The van der Waals surface area contributed by atoms with Crippen molar-refractivity contribution in [1.29, 1.82) is 0 Å². The number of benzene rings is 3. The molecule has 7 heteroatoms. The second kappa shape index (κ2) is 14.0. The van der Waals surface area contributed by atoms with Crippen molar-refractivity contribution in [2.24, 2.45) is 0 Å². The van der Waals surface area contributed by atoms with Gasteiger partial charge in [-0.05, 0) is 77.4 Å². The molecule has 0 aliphatic heterocycles. The summed E-state index contributed by atoms with van der Waals surface area (Å²) in [5, 5.41) is 33.4. The molecule has 212 valence electrons. The average molecular weight is 564 g/mol. The predicted octanol–water partition coefficient (Wildman–Crippen LogP) is 6.15. The van der Waals surface area contributed by atoms with Crippen molar-refractivity contribution in [3.05, 3.63) is 100 Å². The third-order valence-electron chi connectivity index (χ3n) is 7.65. The minimum atomic E-state index is -1.91. The van der Waals surface area contributed by atoms with Crippen molar-refractivity contribution in [2.45, 2.75) is 63.3 Å². The maximum atomic E-state index is 12.6. The van der Waals surface area contributed by atoms with Gasteiger partial charge in [0, 0.05) is 23.1 Å². The van der Waals surface area contributed by atoms with E-state index in [0.717, 1.165) is 59.2 Å². The van der Waals surface area contributed by atoms with Crippen molar-refractivity contribution >= 4 is 28.3 Å². The van der Waals surface area contributed by atoms with E-state index in [1.807, 2.05) is 24.3 Å². The maximum absolute atomic E-state index is 12.6. The minimum Gasteiger partial charge on any atom is -0.497 e. The summed E-state index contributed by atoms with van der Waals surface area (Å²) >= 11 is 6.35. The van der Waals surface area contributed by atoms with E-state index in [-0.39, 0.29) is 24.3 Å². The number of aliphatic hydroxyl groups excluding tert-OH is 2. The van der Waals surface area contributed by atoms with E-state index in [1.54, 1.807) is 19.2 Å². The largest absolute Gasteiger partial charge is 0.497 e. The Morgan fingerprint density at radius 2 is 1.65 bits per heavy atom. The van der Waals surface area contributed by atoms with E-state index < -0.39 is 12.4 Å². The summed E-state index contributed by atoms with van der Waals surface area (Å²) < 4.78 is 5.42. The molecule has 0 bridgehead atoms. The molecule has 3 aromatic carbocycles. The Morgan fingerprint density at radius 3 is 2.30 bits per heavy atom. The lowest BCUT2D eigenvalue weighted by Gasteiger charge is -2.32. The van der Waals surface area contributed by atoms with E-state index in [4.69, 9.17) is 26.6 Å². The van der Waals surface area contributed by atoms with Crippen LogP contribution in [0.2, 0.25) is 0 Å². The van der Waals surface area contributed by atoms with Crippen LogP contribution < -0.4 is 10.1 Å². The highest BCUT2D eigenvalue weighted by Crippen LogP contribution is 2.45. The summed E-state index contributed by atoms with van der Waals surface area (Å²) in [6.45, 7) is 1.95. The molecule has 4 rings (SSSR count). The van der Waals surface area contributed by atoms with Crippen LogP contribution in [0.15, 0.2) is 83.4 Å². The van der Waals surface area contributed by atoms with Crippen LogP contribution >= 0.6 is 11.6 Å². The molecule has 40 heavy (non-hydrogen) atoms. The number of aliphatic hydroxyl groups is 3. The van der Waals surface area contributed by atoms with Crippen LogP contribution in [0.1, 0.15) is 72.3 Å². The third-order valence-corrected chi connectivity index (χ3v) is 7.96. The van der Waals surface area contributed by atoms with Gasteiger partial charge in [-0.15, -0.1) is 0 Å². The van der Waals surface area contributed by atoms with Gasteiger partial charge in [-0.2, -0.15) is 0 Å². The fraction of sp³-hybridized carbons (Fsp3) is 0.364. The first-order chi connectivity index (χ1) is 19.3. The highest BCUT2D eigenvalue weighted by molar-refractivity contribution is 6.29. The number of amides is 1. The fourth-order valence-electron chi connectivity index (χ4n) is 5.39. The highest BCUT2D eigenvalue weighted by Gasteiger charge is 2.29. The molecule has 3 aromatic rings. The molecule has 4 N–H and O–H groups in total. The van der Waals surface area contributed by atoms with Crippen LogP contribution in [0.5, 0.6) is 5.75 Å². The summed E-state index contributed by atoms with van der Waals surface area (Å²) in [6.07, 6.45) is 5.68. The van der Waals surface area contributed by atoms with Gasteiger partial charge in [-0.3, -0.25) is 4.79 Å². The molecule has 0 saturated heterocycles. The maximum Gasteiger partial charge on any atom is 0.251 e. The Kier molecular flexibility index (Phi) is 10.4. The number of halogens is 1. The van der Waals surface area contributed by atoms with Crippen LogP contribution in [-0.4, -0.2) is 47.3 Å². The van der Waals surface area contributed by atoms with Gasteiger partial charge in [-0.1, -0.05) is 79.4 Å². The van der Waals surface area contributed by atoms with Gasteiger partial charge in [0.25, 0.3) is 5.91 Å². The second-order valence-electron chi connectivity index (χ2n) is 10.4. The Hall–Kier alpha value is -3.16. The highest BCUT2D eigenvalue weighted by atomic mass is 35.5. The molecule has 0 radical (unpaired) electrons. The zero-order valence-corrected chi connectivity index (χ0v) is 23.8. The normalized spacial score (nSPS) is 15.8. The molecular weight excluding hydrogens is 526 g/mol. The Balaban J connectivity index is 1.70. The van der Waals surface area contributed by atoms with Crippen molar-refractivity contribution < 1.29 is 24.9 Å². The van der Waals surface area contributed by atoms with E-state index in [9.17, 15) is 9.90 Å². The van der Waals surface area contributed by atoms with E-state index in [1.165, 1.54) is 11.1 Å². The molecular formula is C33H38ClNO5. The number of hydrogen-bond donors (Lipinski definition) is 4. The number of nitrogens with one attached hydrogen (secondary N) is 1. The fourth-order valence-corrected chi connectivity index (χ4v) is 5.55. The number of carbonyl (C=O) groups is 1. The van der Waals surface area contributed by atoms with Crippen molar-refractivity contribution in [3.8, 4) is 5.75 Å². The van der Waals surface area contributed by atoms with Gasteiger partial charge in [0.1, 0.15) is 11.9 Å². The standard InChI is InChI=1S/C33H38ClNO5/c1-3-4-5-29(21-6-8-23(9-7-21)32(37)35-20-30(36)33(38)39)31(22-12-15-27(34)16-13-22)26-11-10-25-19-28(40-2)17-14-24(25)18-26/h6-12,14-15,17-19,29-31,33,36,38-39H,3-5,13,16,20H2,1-2H3,(H,35,37)/t29-,30+,31?/m1/s1.